The molecule has 1 aromatic carbocycles. The lowest BCUT2D eigenvalue weighted by Crippen LogP contribution is -1.85. The van der Waals surface area contributed by atoms with Crippen molar-refractivity contribution in [1.82, 2.24) is 0 Å². The molecule has 13 heavy (non-hydrogen) atoms. The molecule has 0 saturated carbocycles. The Hall–Kier alpha value is -1.15. The van der Waals surface area contributed by atoms with Crippen molar-refractivity contribution < 1.29 is 4.39 Å². The van der Waals surface area contributed by atoms with E-state index in [0.29, 0.717) is 11.1 Å². The van der Waals surface area contributed by atoms with E-state index < -0.39 is 0 Å². The van der Waals surface area contributed by atoms with Gasteiger partial charge in [-0.1, -0.05) is 24.3 Å². The molecule has 0 aliphatic heterocycles. The topological polar surface area (TPSA) is 0 Å². The minimum Gasteiger partial charge on any atom is -0.206 e. The summed E-state index contributed by atoms with van der Waals surface area (Å²) in [6.45, 7) is 1.78. The molecular formula is C11H9FS. The van der Waals surface area contributed by atoms with Crippen molar-refractivity contribution in [3.05, 3.63) is 47.1 Å². The Morgan fingerprint density at radius 2 is 2.00 bits per heavy atom. The van der Waals surface area contributed by atoms with Gasteiger partial charge in [-0.05, 0) is 23.9 Å². The van der Waals surface area contributed by atoms with E-state index in [2.05, 4.69) is 0 Å². The van der Waals surface area contributed by atoms with Crippen molar-refractivity contribution >= 4 is 11.3 Å². The average Bonchev–Trinajstić information content (AvgIpc) is 2.62. The Bertz CT molecular complexity index is 404. The van der Waals surface area contributed by atoms with Crippen molar-refractivity contribution in [1.29, 1.82) is 0 Å². The van der Waals surface area contributed by atoms with Crippen LogP contribution in [0.15, 0.2) is 35.7 Å². The largest absolute Gasteiger partial charge is 0.206 e. The maximum absolute atomic E-state index is 13.6. The summed E-state index contributed by atoms with van der Waals surface area (Å²) >= 11 is 1.56. The highest BCUT2D eigenvalue weighted by molar-refractivity contribution is 7.13. The number of benzene rings is 1. The molecule has 0 fully saturated rings. The van der Waals surface area contributed by atoms with Gasteiger partial charge in [0.15, 0.2) is 0 Å². The standard InChI is InChI=1S/C11H9FS/c1-8-4-2-5-9(11(8)12)10-6-3-7-13-10/h2-7H,1H3. The van der Waals surface area contributed by atoms with Crippen LogP contribution in [0.3, 0.4) is 0 Å². The molecule has 0 atom stereocenters. The molecule has 1 heterocycles. The number of aryl methyl sites for hydroxylation is 1. The summed E-state index contributed by atoms with van der Waals surface area (Å²) in [6.07, 6.45) is 0. The minimum atomic E-state index is -0.107. The highest BCUT2D eigenvalue weighted by Crippen LogP contribution is 2.28. The number of thiophene rings is 1. The molecule has 0 aliphatic rings. The normalized spacial score (nSPS) is 10.3. The minimum absolute atomic E-state index is 0.107. The number of hydrogen-bond acceptors (Lipinski definition) is 1. The second-order valence-corrected chi connectivity index (χ2v) is 3.86. The zero-order valence-corrected chi connectivity index (χ0v) is 8.07. The van der Waals surface area contributed by atoms with Crippen LogP contribution in [-0.4, -0.2) is 0 Å². The summed E-state index contributed by atoms with van der Waals surface area (Å²) in [4.78, 5) is 0.987. The Morgan fingerprint density at radius 1 is 1.15 bits per heavy atom. The summed E-state index contributed by atoms with van der Waals surface area (Å²) in [7, 11) is 0. The first-order chi connectivity index (χ1) is 6.29. The molecule has 2 rings (SSSR count). The molecule has 1 aromatic heterocycles. The maximum Gasteiger partial charge on any atom is 0.134 e. The second-order valence-electron chi connectivity index (χ2n) is 2.91. The third-order valence-corrected chi connectivity index (χ3v) is 2.88. The molecule has 0 bridgehead atoms. The monoisotopic (exact) mass is 192 g/mol. The predicted molar refractivity (Wildman–Crippen MR) is 54.5 cm³/mol. The number of halogens is 1. The Labute approximate surface area is 80.7 Å². The SMILES string of the molecule is Cc1cccc(-c2cccs2)c1F. The molecule has 0 spiro atoms. The van der Waals surface area contributed by atoms with Gasteiger partial charge in [-0.2, -0.15) is 0 Å². The van der Waals surface area contributed by atoms with Gasteiger partial charge < -0.3 is 0 Å². The van der Waals surface area contributed by atoms with Gasteiger partial charge in [0.2, 0.25) is 0 Å². The van der Waals surface area contributed by atoms with Crippen LogP contribution >= 0.6 is 11.3 Å². The number of rotatable bonds is 1. The van der Waals surface area contributed by atoms with Gasteiger partial charge in [-0.15, -0.1) is 11.3 Å². The third kappa shape index (κ3) is 1.49. The first kappa shape index (κ1) is 8.45. The summed E-state index contributed by atoms with van der Waals surface area (Å²) < 4.78 is 13.6. The van der Waals surface area contributed by atoms with Gasteiger partial charge in [0.05, 0.1) is 0 Å². The van der Waals surface area contributed by atoms with Gasteiger partial charge in [0, 0.05) is 10.4 Å². The van der Waals surface area contributed by atoms with E-state index in [0.717, 1.165) is 4.88 Å². The fourth-order valence-corrected chi connectivity index (χ4v) is 2.02. The third-order valence-electron chi connectivity index (χ3n) is 1.98. The molecule has 0 aliphatic carbocycles. The second kappa shape index (κ2) is 3.30. The summed E-state index contributed by atoms with van der Waals surface area (Å²) in [5, 5.41) is 1.96. The van der Waals surface area contributed by atoms with Crippen molar-refractivity contribution in [2.45, 2.75) is 6.92 Å². The van der Waals surface area contributed by atoms with E-state index >= 15 is 0 Å². The zero-order chi connectivity index (χ0) is 9.26. The Morgan fingerprint density at radius 3 is 2.69 bits per heavy atom. The molecule has 0 saturated heterocycles. The lowest BCUT2D eigenvalue weighted by atomic mass is 10.1. The van der Waals surface area contributed by atoms with E-state index in [1.165, 1.54) is 0 Å². The molecule has 2 heteroatoms. The Kier molecular flexibility index (Phi) is 2.15. The summed E-state index contributed by atoms with van der Waals surface area (Å²) in [6, 6.07) is 9.35. The molecule has 0 unspecified atom stereocenters. The van der Waals surface area contributed by atoms with Crippen LogP contribution < -0.4 is 0 Å². The van der Waals surface area contributed by atoms with E-state index in [1.54, 1.807) is 24.3 Å². The molecule has 0 radical (unpaired) electrons. The molecule has 0 N–H and O–H groups in total. The molecule has 2 aromatic rings. The lowest BCUT2D eigenvalue weighted by molar-refractivity contribution is 0.622. The van der Waals surface area contributed by atoms with Crippen molar-refractivity contribution in [2.24, 2.45) is 0 Å². The highest BCUT2D eigenvalue weighted by Gasteiger charge is 2.06. The lowest BCUT2D eigenvalue weighted by Gasteiger charge is -2.01. The van der Waals surface area contributed by atoms with Gasteiger partial charge in [-0.3, -0.25) is 0 Å². The fraction of sp³-hybridized carbons (Fsp3) is 0.0909. The zero-order valence-electron chi connectivity index (χ0n) is 7.25. The van der Waals surface area contributed by atoms with E-state index in [1.807, 2.05) is 29.6 Å². The maximum atomic E-state index is 13.6. The van der Waals surface area contributed by atoms with Gasteiger partial charge >= 0.3 is 0 Å². The van der Waals surface area contributed by atoms with Crippen LogP contribution in [0.5, 0.6) is 0 Å². The van der Waals surface area contributed by atoms with Gasteiger partial charge in [0.1, 0.15) is 5.82 Å². The van der Waals surface area contributed by atoms with E-state index in [4.69, 9.17) is 0 Å². The smallest absolute Gasteiger partial charge is 0.134 e. The molecular weight excluding hydrogens is 183 g/mol. The Balaban J connectivity index is 2.59. The van der Waals surface area contributed by atoms with Gasteiger partial charge in [0.25, 0.3) is 0 Å². The first-order valence-electron chi connectivity index (χ1n) is 4.08. The molecule has 0 amide bonds. The van der Waals surface area contributed by atoms with E-state index in [9.17, 15) is 4.39 Å². The number of hydrogen-bond donors (Lipinski definition) is 0. The molecule has 0 nitrogen and oxygen atoms in total. The van der Waals surface area contributed by atoms with Crippen LogP contribution in [0.25, 0.3) is 10.4 Å². The van der Waals surface area contributed by atoms with Crippen LogP contribution in [0.2, 0.25) is 0 Å². The van der Waals surface area contributed by atoms with E-state index in [-0.39, 0.29) is 5.82 Å². The van der Waals surface area contributed by atoms with Crippen molar-refractivity contribution in [2.75, 3.05) is 0 Å². The quantitative estimate of drug-likeness (QED) is 0.643. The van der Waals surface area contributed by atoms with Gasteiger partial charge in [-0.25, -0.2) is 4.39 Å². The van der Waals surface area contributed by atoms with Crippen molar-refractivity contribution in [3.63, 3.8) is 0 Å². The predicted octanol–water partition coefficient (Wildman–Crippen LogP) is 3.86. The molecule has 66 valence electrons. The van der Waals surface area contributed by atoms with Crippen LogP contribution in [-0.2, 0) is 0 Å². The fourth-order valence-electron chi connectivity index (χ4n) is 1.27. The summed E-state index contributed by atoms with van der Waals surface area (Å²) in [5.74, 6) is -0.107. The van der Waals surface area contributed by atoms with Crippen LogP contribution in [0, 0.1) is 12.7 Å². The average molecular weight is 192 g/mol. The van der Waals surface area contributed by atoms with Crippen LogP contribution in [0.1, 0.15) is 5.56 Å². The first-order valence-corrected chi connectivity index (χ1v) is 4.96. The van der Waals surface area contributed by atoms with Crippen molar-refractivity contribution in [3.8, 4) is 10.4 Å². The van der Waals surface area contributed by atoms with Crippen LogP contribution in [0.4, 0.5) is 4.39 Å². The summed E-state index contributed by atoms with van der Waals surface area (Å²) in [5.41, 5.74) is 1.40. The highest BCUT2D eigenvalue weighted by atomic mass is 32.1.